The molecule has 1 aromatic carbocycles. The molecule has 0 aliphatic heterocycles. The fourth-order valence-electron chi connectivity index (χ4n) is 2.56. The molecule has 0 amide bonds. The molecule has 0 spiro atoms. The highest BCUT2D eigenvalue weighted by Crippen LogP contribution is 2.40. The van der Waals surface area contributed by atoms with Crippen LogP contribution in [0, 0.1) is 12.8 Å². The number of aliphatic hydroxyl groups is 1. The first-order chi connectivity index (χ1) is 11.5. The van der Waals surface area contributed by atoms with Crippen LogP contribution in [0.4, 0.5) is 17.5 Å². The second kappa shape index (κ2) is 7.18. The van der Waals surface area contributed by atoms with E-state index in [1.54, 1.807) is 0 Å². The maximum absolute atomic E-state index is 9.55. The van der Waals surface area contributed by atoms with E-state index in [2.05, 4.69) is 53.5 Å². The fraction of sp³-hybridized carbons (Fsp3) is 0.474. The Hall–Kier alpha value is -2.14. The number of aromatic nitrogens is 2. The number of aliphatic hydroxyl groups excluding tert-OH is 1. The first-order valence-corrected chi connectivity index (χ1v) is 8.65. The van der Waals surface area contributed by atoms with Gasteiger partial charge in [0.15, 0.2) is 0 Å². The van der Waals surface area contributed by atoms with E-state index in [4.69, 9.17) is 0 Å². The highest BCUT2D eigenvalue weighted by Gasteiger charge is 2.26. The minimum Gasteiger partial charge on any atom is -0.394 e. The van der Waals surface area contributed by atoms with Crippen LogP contribution in [0.5, 0.6) is 0 Å². The highest BCUT2D eigenvalue weighted by atomic mass is 16.3. The summed E-state index contributed by atoms with van der Waals surface area (Å²) in [6.45, 7) is 6.28. The van der Waals surface area contributed by atoms with E-state index >= 15 is 0 Å². The molecule has 1 heterocycles. The Morgan fingerprint density at radius 2 is 1.88 bits per heavy atom. The third kappa shape index (κ3) is 4.23. The monoisotopic (exact) mass is 326 g/mol. The van der Waals surface area contributed by atoms with E-state index in [1.165, 1.54) is 18.4 Å². The van der Waals surface area contributed by atoms with Crippen LogP contribution in [0.2, 0.25) is 0 Å². The molecular formula is C19H26N4O. The van der Waals surface area contributed by atoms with Crippen LogP contribution in [0.15, 0.2) is 30.3 Å². The van der Waals surface area contributed by atoms with Crippen molar-refractivity contribution in [2.75, 3.05) is 17.2 Å². The fourth-order valence-corrected chi connectivity index (χ4v) is 2.56. The molecule has 1 aliphatic rings. The lowest BCUT2D eigenvalue weighted by molar-refractivity contribution is 0.248. The molecule has 0 radical (unpaired) electrons. The highest BCUT2D eigenvalue weighted by molar-refractivity contribution is 5.58. The zero-order valence-electron chi connectivity index (χ0n) is 14.6. The molecule has 3 N–H and O–H groups in total. The van der Waals surface area contributed by atoms with Crippen molar-refractivity contribution in [3.63, 3.8) is 0 Å². The molecule has 128 valence electrons. The summed E-state index contributed by atoms with van der Waals surface area (Å²) in [5.74, 6) is 2.22. The molecule has 2 aromatic rings. The van der Waals surface area contributed by atoms with Gasteiger partial charge in [0.25, 0.3) is 0 Å². The van der Waals surface area contributed by atoms with Gasteiger partial charge in [-0.15, -0.1) is 0 Å². The van der Waals surface area contributed by atoms with Gasteiger partial charge < -0.3 is 15.7 Å². The largest absolute Gasteiger partial charge is 0.394 e. The number of rotatable bonds is 7. The van der Waals surface area contributed by atoms with Crippen molar-refractivity contribution in [1.29, 1.82) is 0 Å². The standard InChI is InChI=1S/C19H26N4O/c1-12(2)17(11-24)22-19-21-16(14-6-7-14)10-18(23-19)20-15-8-4-13(3)5-9-15/h4-5,8-10,12,14,17,24H,6-7,11H2,1-3H3,(H2,20,21,22,23)/t17-/m1/s1. The first kappa shape index (κ1) is 16.7. The second-order valence-corrected chi connectivity index (χ2v) is 6.94. The number of hydrogen-bond donors (Lipinski definition) is 3. The van der Waals surface area contributed by atoms with Gasteiger partial charge in [0.2, 0.25) is 5.95 Å². The number of anilines is 3. The van der Waals surface area contributed by atoms with Crippen LogP contribution in [0.1, 0.15) is 43.9 Å². The summed E-state index contributed by atoms with van der Waals surface area (Å²) in [6.07, 6.45) is 2.38. The zero-order valence-corrected chi connectivity index (χ0v) is 14.6. The third-order valence-electron chi connectivity index (χ3n) is 4.38. The van der Waals surface area contributed by atoms with Crippen molar-refractivity contribution >= 4 is 17.5 Å². The Morgan fingerprint density at radius 3 is 2.46 bits per heavy atom. The molecule has 5 heteroatoms. The second-order valence-electron chi connectivity index (χ2n) is 6.94. The van der Waals surface area contributed by atoms with Crippen LogP contribution in [0.3, 0.4) is 0 Å². The van der Waals surface area contributed by atoms with Gasteiger partial charge >= 0.3 is 0 Å². The van der Waals surface area contributed by atoms with E-state index in [9.17, 15) is 5.11 Å². The van der Waals surface area contributed by atoms with E-state index in [0.29, 0.717) is 17.8 Å². The van der Waals surface area contributed by atoms with Crippen LogP contribution in [-0.2, 0) is 0 Å². The minimum absolute atomic E-state index is 0.0494. The maximum Gasteiger partial charge on any atom is 0.225 e. The molecule has 1 fully saturated rings. The van der Waals surface area contributed by atoms with Gasteiger partial charge in [0.1, 0.15) is 5.82 Å². The Labute approximate surface area is 143 Å². The molecule has 24 heavy (non-hydrogen) atoms. The van der Waals surface area contributed by atoms with Crippen molar-refractivity contribution in [3.05, 3.63) is 41.6 Å². The van der Waals surface area contributed by atoms with Crippen LogP contribution >= 0.6 is 0 Å². The predicted octanol–water partition coefficient (Wildman–Crippen LogP) is 3.83. The maximum atomic E-state index is 9.55. The minimum atomic E-state index is -0.0494. The lowest BCUT2D eigenvalue weighted by atomic mass is 10.1. The Kier molecular flexibility index (Phi) is 5.00. The molecule has 3 rings (SSSR count). The average molecular weight is 326 g/mol. The van der Waals surface area contributed by atoms with Gasteiger partial charge in [0, 0.05) is 17.7 Å². The molecule has 0 unspecified atom stereocenters. The van der Waals surface area contributed by atoms with E-state index in [-0.39, 0.29) is 12.6 Å². The van der Waals surface area contributed by atoms with E-state index in [0.717, 1.165) is 17.2 Å². The Balaban J connectivity index is 1.83. The van der Waals surface area contributed by atoms with E-state index < -0.39 is 0 Å². The molecule has 1 saturated carbocycles. The summed E-state index contributed by atoms with van der Waals surface area (Å²) in [5, 5.41) is 16.2. The zero-order chi connectivity index (χ0) is 17.1. The van der Waals surface area contributed by atoms with E-state index in [1.807, 2.05) is 18.2 Å². The summed E-state index contributed by atoms with van der Waals surface area (Å²) in [7, 11) is 0. The van der Waals surface area contributed by atoms with Gasteiger partial charge in [-0.05, 0) is 37.8 Å². The summed E-state index contributed by atoms with van der Waals surface area (Å²) < 4.78 is 0. The van der Waals surface area contributed by atoms with Gasteiger partial charge in [-0.2, -0.15) is 4.98 Å². The summed E-state index contributed by atoms with van der Waals surface area (Å²) in [6, 6.07) is 10.2. The first-order valence-electron chi connectivity index (χ1n) is 8.65. The van der Waals surface area contributed by atoms with Gasteiger partial charge in [-0.25, -0.2) is 4.98 Å². The van der Waals surface area contributed by atoms with Crippen LogP contribution in [-0.4, -0.2) is 27.7 Å². The number of nitrogens with one attached hydrogen (secondary N) is 2. The summed E-state index contributed by atoms with van der Waals surface area (Å²) >= 11 is 0. The molecule has 0 saturated heterocycles. The Bertz CT molecular complexity index is 680. The molecule has 1 aliphatic carbocycles. The lowest BCUT2D eigenvalue weighted by Crippen LogP contribution is -2.30. The molecule has 1 aromatic heterocycles. The molecule has 5 nitrogen and oxygen atoms in total. The third-order valence-corrected chi connectivity index (χ3v) is 4.38. The lowest BCUT2D eigenvalue weighted by Gasteiger charge is -2.20. The normalized spacial score (nSPS) is 15.4. The van der Waals surface area contributed by atoms with Gasteiger partial charge in [-0.1, -0.05) is 31.5 Å². The number of benzene rings is 1. The molecular weight excluding hydrogens is 300 g/mol. The van der Waals surface area contributed by atoms with Gasteiger partial charge in [-0.3, -0.25) is 0 Å². The van der Waals surface area contributed by atoms with Crippen molar-refractivity contribution in [3.8, 4) is 0 Å². The van der Waals surface area contributed by atoms with Crippen molar-refractivity contribution in [1.82, 2.24) is 9.97 Å². The van der Waals surface area contributed by atoms with Crippen molar-refractivity contribution < 1.29 is 5.11 Å². The van der Waals surface area contributed by atoms with Gasteiger partial charge in [0.05, 0.1) is 18.3 Å². The number of nitrogens with zero attached hydrogens (tertiary/aromatic N) is 2. The summed E-state index contributed by atoms with van der Waals surface area (Å²) in [5.41, 5.74) is 3.31. The number of aryl methyl sites for hydroxylation is 1. The van der Waals surface area contributed by atoms with Crippen LogP contribution in [0.25, 0.3) is 0 Å². The topological polar surface area (TPSA) is 70.1 Å². The number of hydrogen-bond acceptors (Lipinski definition) is 5. The Morgan fingerprint density at radius 1 is 1.17 bits per heavy atom. The summed E-state index contributed by atoms with van der Waals surface area (Å²) in [4.78, 5) is 9.23. The quantitative estimate of drug-likeness (QED) is 0.721. The van der Waals surface area contributed by atoms with Crippen molar-refractivity contribution in [2.24, 2.45) is 5.92 Å². The van der Waals surface area contributed by atoms with Crippen molar-refractivity contribution in [2.45, 2.75) is 45.6 Å². The predicted molar refractivity (Wildman–Crippen MR) is 97.8 cm³/mol. The van der Waals surface area contributed by atoms with Crippen LogP contribution < -0.4 is 10.6 Å². The molecule has 0 bridgehead atoms. The molecule has 1 atom stereocenters. The smallest absolute Gasteiger partial charge is 0.225 e. The SMILES string of the molecule is Cc1ccc(Nc2cc(C3CC3)nc(N[C@H](CO)C(C)C)n2)cc1. The average Bonchev–Trinajstić information content (AvgIpc) is 3.39.